The highest BCUT2D eigenvalue weighted by atomic mass is 32.2. The van der Waals surface area contributed by atoms with Gasteiger partial charge in [0.1, 0.15) is 6.04 Å². The Balaban J connectivity index is 2.13. The van der Waals surface area contributed by atoms with Gasteiger partial charge in [0, 0.05) is 6.04 Å². The van der Waals surface area contributed by atoms with Gasteiger partial charge in [-0.15, -0.1) is 0 Å². The second-order valence-corrected chi connectivity index (χ2v) is 5.50. The monoisotopic (exact) mass is 245 g/mol. The lowest BCUT2D eigenvalue weighted by Crippen LogP contribution is -2.39. The third-order valence-electron chi connectivity index (χ3n) is 2.69. The Morgan fingerprint density at radius 2 is 2.25 bits per heavy atom. The molecular weight excluding hydrogens is 222 g/mol. The largest absolute Gasteiger partial charge is 0.468 e. The van der Waals surface area contributed by atoms with E-state index in [0.717, 1.165) is 12.2 Å². The van der Waals surface area contributed by atoms with Crippen molar-refractivity contribution in [2.24, 2.45) is 0 Å². The highest BCUT2D eigenvalue weighted by Gasteiger charge is 2.28. The molecule has 0 amide bonds. The van der Waals surface area contributed by atoms with Gasteiger partial charge in [0.15, 0.2) is 0 Å². The maximum absolute atomic E-state index is 11.5. The standard InChI is InChI=1S/C12H23NO2S/c1-3-4-8-16-9-7-11(12(14)15-2)13-10-5-6-10/h10-11,13H,3-9H2,1-2H3. The lowest BCUT2D eigenvalue weighted by molar-refractivity contribution is -0.143. The zero-order valence-electron chi connectivity index (χ0n) is 10.3. The number of unbranched alkanes of at least 4 members (excludes halogenated alkanes) is 1. The molecule has 1 rings (SSSR count). The van der Waals surface area contributed by atoms with Crippen molar-refractivity contribution in [2.75, 3.05) is 18.6 Å². The SMILES string of the molecule is CCCCSCCC(NC1CC1)C(=O)OC. The minimum Gasteiger partial charge on any atom is -0.468 e. The van der Waals surface area contributed by atoms with E-state index in [4.69, 9.17) is 4.74 Å². The summed E-state index contributed by atoms with van der Waals surface area (Å²) in [6.45, 7) is 2.20. The third-order valence-corrected chi connectivity index (χ3v) is 3.79. The molecule has 0 spiro atoms. The number of thioether (sulfide) groups is 1. The predicted octanol–water partition coefficient (Wildman–Crippen LogP) is 2.20. The van der Waals surface area contributed by atoms with Crippen molar-refractivity contribution < 1.29 is 9.53 Å². The molecule has 1 saturated carbocycles. The molecule has 4 heteroatoms. The van der Waals surface area contributed by atoms with Crippen LogP contribution in [0.3, 0.4) is 0 Å². The van der Waals surface area contributed by atoms with Crippen LogP contribution in [-0.4, -0.2) is 36.7 Å². The number of hydrogen-bond acceptors (Lipinski definition) is 4. The van der Waals surface area contributed by atoms with Crippen LogP contribution in [0.25, 0.3) is 0 Å². The van der Waals surface area contributed by atoms with E-state index < -0.39 is 0 Å². The summed E-state index contributed by atoms with van der Waals surface area (Å²) in [4.78, 5) is 11.5. The fraction of sp³-hybridized carbons (Fsp3) is 0.917. The Kier molecular flexibility index (Phi) is 6.88. The Hall–Kier alpha value is -0.220. The van der Waals surface area contributed by atoms with E-state index in [1.807, 2.05) is 11.8 Å². The van der Waals surface area contributed by atoms with Crippen LogP contribution in [0.2, 0.25) is 0 Å². The Labute approximate surface area is 103 Å². The van der Waals surface area contributed by atoms with Crippen LogP contribution >= 0.6 is 11.8 Å². The topological polar surface area (TPSA) is 38.3 Å². The fourth-order valence-corrected chi connectivity index (χ4v) is 2.59. The molecule has 1 atom stereocenters. The van der Waals surface area contributed by atoms with Crippen molar-refractivity contribution >= 4 is 17.7 Å². The van der Waals surface area contributed by atoms with Crippen LogP contribution in [0.4, 0.5) is 0 Å². The number of esters is 1. The van der Waals surface area contributed by atoms with E-state index in [1.165, 1.54) is 38.5 Å². The summed E-state index contributed by atoms with van der Waals surface area (Å²) in [6, 6.07) is 0.469. The number of methoxy groups -OCH3 is 1. The fourth-order valence-electron chi connectivity index (χ4n) is 1.50. The molecule has 16 heavy (non-hydrogen) atoms. The number of hydrogen-bond donors (Lipinski definition) is 1. The summed E-state index contributed by atoms with van der Waals surface area (Å²) in [5.41, 5.74) is 0. The molecule has 0 heterocycles. The zero-order valence-corrected chi connectivity index (χ0v) is 11.1. The van der Waals surface area contributed by atoms with Gasteiger partial charge in [-0.1, -0.05) is 13.3 Å². The number of carbonyl (C=O) groups is 1. The lowest BCUT2D eigenvalue weighted by atomic mass is 10.2. The molecule has 1 fully saturated rings. The molecule has 0 aromatic carbocycles. The van der Waals surface area contributed by atoms with Crippen LogP contribution in [0, 0.1) is 0 Å². The quantitative estimate of drug-likeness (QED) is 0.499. The summed E-state index contributed by atoms with van der Waals surface area (Å²) in [5.74, 6) is 2.14. The van der Waals surface area contributed by atoms with Gasteiger partial charge in [-0.2, -0.15) is 11.8 Å². The third kappa shape index (κ3) is 5.75. The first-order chi connectivity index (χ1) is 7.77. The lowest BCUT2D eigenvalue weighted by Gasteiger charge is -2.15. The number of carbonyl (C=O) groups excluding carboxylic acids is 1. The first kappa shape index (κ1) is 13.8. The first-order valence-corrected chi connectivity index (χ1v) is 7.35. The highest BCUT2D eigenvalue weighted by molar-refractivity contribution is 7.99. The average Bonchev–Trinajstić information content (AvgIpc) is 3.10. The number of ether oxygens (including phenoxy) is 1. The van der Waals surface area contributed by atoms with E-state index >= 15 is 0 Å². The van der Waals surface area contributed by atoms with Crippen molar-refractivity contribution in [1.82, 2.24) is 5.32 Å². The summed E-state index contributed by atoms with van der Waals surface area (Å²) in [5, 5.41) is 3.34. The molecule has 0 bridgehead atoms. The zero-order chi connectivity index (χ0) is 11.8. The average molecular weight is 245 g/mol. The maximum atomic E-state index is 11.5. The predicted molar refractivity (Wildman–Crippen MR) is 68.8 cm³/mol. The molecule has 0 aromatic rings. The number of rotatable bonds is 9. The molecule has 0 aliphatic heterocycles. The molecular formula is C12H23NO2S. The Bertz CT molecular complexity index is 207. The highest BCUT2D eigenvalue weighted by Crippen LogP contribution is 2.20. The Morgan fingerprint density at radius 1 is 1.50 bits per heavy atom. The van der Waals surface area contributed by atoms with Gasteiger partial charge in [0.25, 0.3) is 0 Å². The molecule has 94 valence electrons. The summed E-state index contributed by atoms with van der Waals surface area (Å²) >= 11 is 1.93. The van der Waals surface area contributed by atoms with Crippen molar-refractivity contribution in [3.05, 3.63) is 0 Å². The van der Waals surface area contributed by atoms with Gasteiger partial charge < -0.3 is 10.1 Å². The van der Waals surface area contributed by atoms with E-state index in [2.05, 4.69) is 12.2 Å². The number of nitrogens with one attached hydrogen (secondary N) is 1. The molecule has 1 N–H and O–H groups in total. The maximum Gasteiger partial charge on any atom is 0.322 e. The summed E-state index contributed by atoms with van der Waals surface area (Å²) in [6.07, 6.45) is 5.81. The molecule has 1 unspecified atom stereocenters. The van der Waals surface area contributed by atoms with Crippen molar-refractivity contribution in [1.29, 1.82) is 0 Å². The molecule has 3 nitrogen and oxygen atoms in total. The molecule has 1 aliphatic carbocycles. The van der Waals surface area contributed by atoms with Crippen LogP contribution in [0.1, 0.15) is 39.0 Å². The Morgan fingerprint density at radius 3 is 2.81 bits per heavy atom. The van der Waals surface area contributed by atoms with Crippen LogP contribution < -0.4 is 5.32 Å². The van der Waals surface area contributed by atoms with E-state index in [1.54, 1.807) is 0 Å². The van der Waals surface area contributed by atoms with Crippen LogP contribution in [-0.2, 0) is 9.53 Å². The molecule has 0 radical (unpaired) electrons. The van der Waals surface area contributed by atoms with Gasteiger partial charge in [-0.25, -0.2) is 0 Å². The van der Waals surface area contributed by atoms with Gasteiger partial charge >= 0.3 is 5.97 Å². The smallest absolute Gasteiger partial charge is 0.322 e. The van der Waals surface area contributed by atoms with Gasteiger partial charge in [0.2, 0.25) is 0 Å². The normalized spacial score (nSPS) is 17.1. The molecule has 0 aromatic heterocycles. The van der Waals surface area contributed by atoms with E-state index in [9.17, 15) is 4.79 Å². The summed E-state index contributed by atoms with van der Waals surface area (Å²) in [7, 11) is 1.47. The first-order valence-electron chi connectivity index (χ1n) is 6.19. The van der Waals surface area contributed by atoms with E-state index in [0.29, 0.717) is 6.04 Å². The summed E-state index contributed by atoms with van der Waals surface area (Å²) < 4.78 is 4.81. The van der Waals surface area contributed by atoms with Gasteiger partial charge in [-0.05, 0) is 37.2 Å². The second kappa shape index (κ2) is 7.96. The molecule has 0 saturated heterocycles. The molecule has 1 aliphatic rings. The van der Waals surface area contributed by atoms with Gasteiger partial charge in [-0.3, -0.25) is 4.79 Å². The van der Waals surface area contributed by atoms with E-state index in [-0.39, 0.29) is 12.0 Å². The van der Waals surface area contributed by atoms with Gasteiger partial charge in [0.05, 0.1) is 7.11 Å². The van der Waals surface area contributed by atoms with Crippen LogP contribution in [0.15, 0.2) is 0 Å². The van der Waals surface area contributed by atoms with Crippen molar-refractivity contribution in [3.8, 4) is 0 Å². The minimum absolute atomic E-state index is 0.0911. The van der Waals surface area contributed by atoms with Crippen LogP contribution in [0.5, 0.6) is 0 Å². The van der Waals surface area contributed by atoms with Crippen molar-refractivity contribution in [2.45, 2.75) is 51.1 Å². The van der Waals surface area contributed by atoms with Crippen molar-refractivity contribution in [3.63, 3.8) is 0 Å². The minimum atomic E-state index is -0.108. The second-order valence-electron chi connectivity index (χ2n) is 4.27.